The zero-order chi connectivity index (χ0) is 13.0. The summed E-state index contributed by atoms with van der Waals surface area (Å²) in [6, 6.07) is 0.186. The van der Waals surface area contributed by atoms with E-state index in [0.29, 0.717) is 19.1 Å². The lowest BCUT2D eigenvalue weighted by molar-refractivity contribution is -0.141. The maximum Gasteiger partial charge on any atom is 0.305 e. The summed E-state index contributed by atoms with van der Waals surface area (Å²) >= 11 is 0. The van der Waals surface area contributed by atoms with E-state index in [-0.39, 0.29) is 18.4 Å². The zero-order valence-electron chi connectivity index (χ0n) is 10.4. The van der Waals surface area contributed by atoms with Gasteiger partial charge in [0.25, 0.3) is 0 Å². The van der Waals surface area contributed by atoms with Gasteiger partial charge in [-0.25, -0.2) is 0 Å². The van der Waals surface area contributed by atoms with E-state index in [9.17, 15) is 9.59 Å². The number of carbonyl (C=O) groups excluding carboxylic acids is 1. The van der Waals surface area contributed by atoms with Crippen LogP contribution in [-0.4, -0.2) is 58.5 Å². The minimum Gasteiger partial charge on any atom is -0.481 e. The van der Waals surface area contributed by atoms with Crippen LogP contribution in [0.1, 0.15) is 20.3 Å². The highest BCUT2D eigenvalue weighted by Gasteiger charge is 2.31. The van der Waals surface area contributed by atoms with Gasteiger partial charge in [-0.1, -0.05) is 6.58 Å². The van der Waals surface area contributed by atoms with Gasteiger partial charge in [-0.15, -0.1) is 0 Å². The first-order valence-electron chi connectivity index (χ1n) is 5.84. The van der Waals surface area contributed by atoms with Gasteiger partial charge in [0.2, 0.25) is 5.91 Å². The van der Waals surface area contributed by atoms with E-state index in [1.807, 2.05) is 13.8 Å². The predicted molar refractivity (Wildman–Crippen MR) is 64.7 cm³/mol. The molecule has 0 aromatic heterocycles. The highest BCUT2D eigenvalue weighted by molar-refractivity contribution is 5.87. The number of hydrogen-bond acceptors (Lipinski definition) is 3. The van der Waals surface area contributed by atoms with E-state index in [1.54, 1.807) is 4.90 Å². The second-order valence-electron chi connectivity index (χ2n) is 4.57. The fourth-order valence-corrected chi connectivity index (χ4v) is 2.26. The lowest BCUT2D eigenvalue weighted by Crippen LogP contribution is -2.57. The molecule has 1 amide bonds. The standard InChI is InChI=1S/C12H20N2O3/c1-4-11(15)13-5-6-14(9(2)3)10(8-13)7-12(16)17/h4,9-10H,1,5-8H2,2-3H3,(H,16,17). The van der Waals surface area contributed by atoms with Crippen LogP contribution in [0, 0.1) is 0 Å². The van der Waals surface area contributed by atoms with E-state index >= 15 is 0 Å². The largest absolute Gasteiger partial charge is 0.481 e. The molecule has 5 heteroatoms. The Hall–Kier alpha value is -1.36. The minimum absolute atomic E-state index is 0.0686. The topological polar surface area (TPSA) is 60.9 Å². The van der Waals surface area contributed by atoms with E-state index in [0.717, 1.165) is 6.54 Å². The van der Waals surface area contributed by atoms with Crippen molar-refractivity contribution < 1.29 is 14.7 Å². The molecule has 1 saturated heterocycles. The Labute approximate surface area is 102 Å². The van der Waals surface area contributed by atoms with Gasteiger partial charge in [-0.2, -0.15) is 0 Å². The molecule has 0 bridgehead atoms. The average Bonchev–Trinajstić information content (AvgIpc) is 2.26. The summed E-state index contributed by atoms with van der Waals surface area (Å²) in [6.07, 6.45) is 1.35. The fraction of sp³-hybridized carbons (Fsp3) is 0.667. The third-order valence-electron chi connectivity index (χ3n) is 3.09. The summed E-state index contributed by atoms with van der Waals surface area (Å²) < 4.78 is 0. The van der Waals surface area contributed by atoms with E-state index in [1.165, 1.54) is 6.08 Å². The molecule has 96 valence electrons. The van der Waals surface area contributed by atoms with Crippen molar-refractivity contribution in [1.29, 1.82) is 0 Å². The lowest BCUT2D eigenvalue weighted by Gasteiger charge is -2.42. The summed E-state index contributed by atoms with van der Waals surface area (Å²) in [4.78, 5) is 26.2. The average molecular weight is 240 g/mol. The normalized spacial score (nSPS) is 21.6. The molecule has 0 saturated carbocycles. The Balaban J connectivity index is 2.72. The fourth-order valence-electron chi connectivity index (χ4n) is 2.26. The van der Waals surface area contributed by atoms with Gasteiger partial charge >= 0.3 is 5.97 Å². The Kier molecular flexibility index (Phi) is 4.69. The Morgan fingerprint density at radius 3 is 2.59 bits per heavy atom. The molecule has 1 aliphatic heterocycles. The smallest absolute Gasteiger partial charge is 0.305 e. The number of nitrogens with zero attached hydrogens (tertiary/aromatic N) is 2. The van der Waals surface area contributed by atoms with Gasteiger partial charge in [0.15, 0.2) is 0 Å². The molecule has 1 N–H and O–H groups in total. The summed E-state index contributed by atoms with van der Waals surface area (Å²) in [5.41, 5.74) is 0. The van der Waals surface area contributed by atoms with Gasteiger partial charge in [0.1, 0.15) is 0 Å². The van der Waals surface area contributed by atoms with Gasteiger partial charge in [-0.05, 0) is 19.9 Å². The van der Waals surface area contributed by atoms with E-state index in [4.69, 9.17) is 5.11 Å². The van der Waals surface area contributed by atoms with Crippen LogP contribution < -0.4 is 0 Å². The van der Waals surface area contributed by atoms with E-state index < -0.39 is 5.97 Å². The Morgan fingerprint density at radius 2 is 2.12 bits per heavy atom. The van der Waals surface area contributed by atoms with Crippen molar-refractivity contribution in [3.05, 3.63) is 12.7 Å². The van der Waals surface area contributed by atoms with Crippen molar-refractivity contribution in [3.63, 3.8) is 0 Å². The third kappa shape index (κ3) is 3.56. The number of rotatable bonds is 4. The molecule has 0 aromatic carbocycles. The molecule has 5 nitrogen and oxygen atoms in total. The van der Waals surface area contributed by atoms with Crippen LogP contribution in [0.5, 0.6) is 0 Å². The molecule has 0 radical (unpaired) electrons. The van der Waals surface area contributed by atoms with E-state index in [2.05, 4.69) is 11.5 Å². The molecule has 1 heterocycles. The van der Waals surface area contributed by atoms with Crippen molar-refractivity contribution in [2.75, 3.05) is 19.6 Å². The van der Waals surface area contributed by atoms with Crippen LogP contribution in [0.3, 0.4) is 0 Å². The Bertz CT molecular complexity index is 315. The molecule has 1 unspecified atom stereocenters. The maximum atomic E-state index is 11.5. The van der Waals surface area contributed by atoms with Gasteiger partial charge < -0.3 is 10.0 Å². The van der Waals surface area contributed by atoms with Gasteiger partial charge in [0, 0.05) is 31.7 Å². The van der Waals surface area contributed by atoms with Crippen molar-refractivity contribution in [2.45, 2.75) is 32.4 Å². The molecular weight excluding hydrogens is 220 g/mol. The highest BCUT2D eigenvalue weighted by Crippen LogP contribution is 2.16. The van der Waals surface area contributed by atoms with Crippen molar-refractivity contribution in [3.8, 4) is 0 Å². The first kappa shape index (κ1) is 13.7. The first-order chi connectivity index (χ1) is 7.95. The first-order valence-corrected chi connectivity index (χ1v) is 5.84. The highest BCUT2D eigenvalue weighted by atomic mass is 16.4. The maximum absolute atomic E-state index is 11.5. The van der Waals surface area contributed by atoms with Crippen LogP contribution in [0.2, 0.25) is 0 Å². The van der Waals surface area contributed by atoms with Crippen molar-refractivity contribution >= 4 is 11.9 Å². The summed E-state index contributed by atoms with van der Waals surface area (Å²) in [5, 5.41) is 8.90. The quantitative estimate of drug-likeness (QED) is 0.730. The molecular formula is C12H20N2O3. The van der Waals surface area contributed by atoms with Crippen LogP contribution in [0.25, 0.3) is 0 Å². The van der Waals surface area contributed by atoms with Crippen LogP contribution in [0.4, 0.5) is 0 Å². The summed E-state index contributed by atoms with van der Waals surface area (Å²) in [7, 11) is 0. The van der Waals surface area contributed by atoms with Crippen molar-refractivity contribution in [1.82, 2.24) is 9.80 Å². The number of carbonyl (C=O) groups is 2. The van der Waals surface area contributed by atoms with Crippen LogP contribution in [0.15, 0.2) is 12.7 Å². The molecule has 1 rings (SSSR count). The zero-order valence-corrected chi connectivity index (χ0v) is 10.4. The molecule has 0 spiro atoms. The summed E-state index contributed by atoms with van der Waals surface area (Å²) in [6.45, 7) is 9.36. The Morgan fingerprint density at radius 1 is 1.47 bits per heavy atom. The summed E-state index contributed by atoms with van der Waals surface area (Å²) in [5.74, 6) is -0.947. The third-order valence-corrected chi connectivity index (χ3v) is 3.09. The SMILES string of the molecule is C=CC(=O)N1CCN(C(C)C)C(CC(=O)O)C1. The lowest BCUT2D eigenvalue weighted by atomic mass is 10.1. The number of amides is 1. The monoisotopic (exact) mass is 240 g/mol. The number of carboxylic acids is 1. The molecule has 1 atom stereocenters. The molecule has 1 aliphatic rings. The van der Waals surface area contributed by atoms with Gasteiger partial charge in [-0.3, -0.25) is 14.5 Å². The molecule has 0 aromatic rings. The molecule has 17 heavy (non-hydrogen) atoms. The van der Waals surface area contributed by atoms with Crippen LogP contribution in [-0.2, 0) is 9.59 Å². The minimum atomic E-state index is -0.825. The number of hydrogen-bond donors (Lipinski definition) is 1. The number of carboxylic acid groups (broad SMARTS) is 1. The second kappa shape index (κ2) is 5.82. The van der Waals surface area contributed by atoms with Crippen molar-refractivity contribution in [2.24, 2.45) is 0 Å². The van der Waals surface area contributed by atoms with Crippen LogP contribution >= 0.6 is 0 Å². The van der Waals surface area contributed by atoms with Gasteiger partial charge in [0.05, 0.1) is 6.42 Å². The predicted octanol–water partition coefficient (Wildman–Crippen LogP) is 0.568. The molecule has 0 aliphatic carbocycles. The number of piperazine rings is 1. The molecule has 1 fully saturated rings. The second-order valence-corrected chi connectivity index (χ2v) is 4.57. The number of aliphatic carboxylic acids is 1.